The van der Waals surface area contributed by atoms with Crippen molar-refractivity contribution in [2.45, 2.75) is 44.9 Å². The SMILES string of the molecule is CC(C)(C)OC(=O)[N+]12CCC(O)C1C2. The zero-order valence-corrected chi connectivity index (χ0v) is 8.99. The molecule has 0 aliphatic carbocycles. The second-order valence-electron chi connectivity index (χ2n) is 5.34. The first-order valence-electron chi connectivity index (χ1n) is 5.13. The van der Waals surface area contributed by atoms with Gasteiger partial charge in [-0.25, -0.2) is 4.48 Å². The molecule has 0 aromatic rings. The molecule has 0 spiro atoms. The van der Waals surface area contributed by atoms with Crippen molar-refractivity contribution in [2.75, 3.05) is 13.1 Å². The van der Waals surface area contributed by atoms with Crippen molar-refractivity contribution in [3.63, 3.8) is 0 Å². The first-order valence-corrected chi connectivity index (χ1v) is 5.13. The van der Waals surface area contributed by atoms with E-state index in [4.69, 9.17) is 4.74 Å². The number of ether oxygens (including phenoxy) is 1. The zero-order valence-electron chi connectivity index (χ0n) is 8.99. The Morgan fingerprint density at radius 1 is 1.50 bits per heavy atom. The number of amides is 1. The van der Waals surface area contributed by atoms with E-state index in [1.165, 1.54) is 0 Å². The molecule has 3 atom stereocenters. The molecule has 0 aromatic carbocycles. The Morgan fingerprint density at radius 3 is 2.50 bits per heavy atom. The lowest BCUT2D eigenvalue weighted by Gasteiger charge is -2.21. The number of hydrogen-bond acceptors (Lipinski definition) is 3. The summed E-state index contributed by atoms with van der Waals surface area (Å²) in [6, 6.07) is 0.116. The van der Waals surface area contributed by atoms with Gasteiger partial charge in [0.2, 0.25) is 0 Å². The normalized spacial score (nSPS) is 40.6. The molecule has 80 valence electrons. The summed E-state index contributed by atoms with van der Waals surface area (Å²) >= 11 is 0. The Labute approximate surface area is 84.1 Å². The second-order valence-corrected chi connectivity index (χ2v) is 5.34. The van der Waals surface area contributed by atoms with Crippen LogP contribution in [0.4, 0.5) is 4.79 Å². The lowest BCUT2D eigenvalue weighted by Crippen LogP contribution is -2.39. The summed E-state index contributed by atoms with van der Waals surface area (Å²) < 4.78 is 5.70. The Morgan fingerprint density at radius 2 is 2.14 bits per heavy atom. The minimum absolute atomic E-state index is 0.116. The van der Waals surface area contributed by atoms with Crippen LogP contribution in [-0.4, -0.2) is 46.5 Å². The fourth-order valence-corrected chi connectivity index (χ4v) is 2.20. The van der Waals surface area contributed by atoms with E-state index in [2.05, 4.69) is 0 Å². The molecule has 2 aliphatic rings. The maximum Gasteiger partial charge on any atom is 0.517 e. The van der Waals surface area contributed by atoms with Crippen molar-refractivity contribution < 1.29 is 19.1 Å². The first-order chi connectivity index (χ1) is 6.35. The molecule has 0 radical (unpaired) electrons. The van der Waals surface area contributed by atoms with Gasteiger partial charge in [0.15, 0.2) is 6.04 Å². The molecule has 2 fully saturated rings. The van der Waals surface area contributed by atoms with Crippen LogP contribution in [0.25, 0.3) is 0 Å². The van der Waals surface area contributed by atoms with E-state index in [1.54, 1.807) is 0 Å². The van der Waals surface area contributed by atoms with E-state index in [0.29, 0.717) is 4.48 Å². The highest BCUT2D eigenvalue weighted by Gasteiger charge is 2.70. The highest BCUT2D eigenvalue weighted by atomic mass is 16.6. The van der Waals surface area contributed by atoms with Crippen molar-refractivity contribution >= 4 is 6.09 Å². The van der Waals surface area contributed by atoms with Crippen LogP contribution in [-0.2, 0) is 4.74 Å². The smallest absolute Gasteiger partial charge is 0.414 e. The number of carbonyl (C=O) groups excluding carboxylic acids is 1. The van der Waals surface area contributed by atoms with Crippen LogP contribution >= 0.6 is 0 Å². The summed E-state index contributed by atoms with van der Waals surface area (Å²) in [6.45, 7) is 7.10. The third-order valence-electron chi connectivity index (χ3n) is 3.04. The molecule has 0 aromatic heterocycles. The number of carbonyl (C=O) groups is 1. The van der Waals surface area contributed by atoms with Crippen molar-refractivity contribution in [1.29, 1.82) is 0 Å². The zero-order chi connectivity index (χ0) is 10.6. The molecule has 3 unspecified atom stereocenters. The van der Waals surface area contributed by atoms with Crippen LogP contribution in [0, 0.1) is 0 Å². The Balaban J connectivity index is 2.01. The average molecular weight is 200 g/mol. The standard InChI is InChI=1S/C10H18NO3/c1-10(2,3)14-9(13)11-5-4-8(12)7(11)6-11/h7-8,12H,4-6H2,1-3H3/q+1. The third kappa shape index (κ3) is 1.42. The second kappa shape index (κ2) is 2.70. The van der Waals surface area contributed by atoms with Gasteiger partial charge in [-0.1, -0.05) is 0 Å². The van der Waals surface area contributed by atoms with Gasteiger partial charge in [-0.2, -0.15) is 4.79 Å². The van der Waals surface area contributed by atoms with Crippen LogP contribution in [0.5, 0.6) is 0 Å². The van der Waals surface area contributed by atoms with E-state index in [9.17, 15) is 9.90 Å². The lowest BCUT2D eigenvalue weighted by atomic mass is 10.2. The van der Waals surface area contributed by atoms with E-state index < -0.39 is 5.60 Å². The van der Waals surface area contributed by atoms with Crippen molar-refractivity contribution in [3.05, 3.63) is 0 Å². The Kier molecular flexibility index (Phi) is 1.92. The fraction of sp³-hybridized carbons (Fsp3) is 0.900. The van der Waals surface area contributed by atoms with Gasteiger partial charge in [0, 0.05) is 6.42 Å². The summed E-state index contributed by atoms with van der Waals surface area (Å²) in [4.78, 5) is 11.8. The predicted octanol–water partition coefficient (Wildman–Crippen LogP) is 0.885. The summed E-state index contributed by atoms with van der Waals surface area (Å²) in [7, 11) is 0. The summed E-state index contributed by atoms with van der Waals surface area (Å²) in [6.07, 6.45) is 0.255. The van der Waals surface area contributed by atoms with E-state index >= 15 is 0 Å². The van der Waals surface area contributed by atoms with E-state index in [1.807, 2.05) is 20.8 Å². The predicted molar refractivity (Wildman–Crippen MR) is 50.6 cm³/mol. The Bertz CT molecular complexity index is 271. The number of aliphatic hydroxyl groups excluding tert-OH is 1. The monoisotopic (exact) mass is 200 g/mol. The molecule has 1 amide bonds. The molecule has 2 rings (SSSR count). The topological polar surface area (TPSA) is 46.5 Å². The molecular weight excluding hydrogens is 182 g/mol. The Hall–Kier alpha value is -0.610. The number of nitrogens with zero attached hydrogens (tertiary/aromatic N) is 1. The lowest BCUT2D eigenvalue weighted by molar-refractivity contribution is -0.727. The molecule has 0 saturated carbocycles. The van der Waals surface area contributed by atoms with Gasteiger partial charge in [-0.05, 0) is 20.8 Å². The number of aliphatic hydroxyl groups is 1. The number of hydrogen-bond donors (Lipinski definition) is 1. The maximum absolute atomic E-state index is 11.8. The quantitative estimate of drug-likeness (QED) is 0.466. The highest BCUT2D eigenvalue weighted by Crippen LogP contribution is 2.42. The largest absolute Gasteiger partial charge is 0.517 e. The molecule has 2 heterocycles. The van der Waals surface area contributed by atoms with Gasteiger partial charge in [0.25, 0.3) is 0 Å². The van der Waals surface area contributed by atoms with Crippen LogP contribution in [0.15, 0.2) is 0 Å². The maximum atomic E-state index is 11.8. The number of rotatable bonds is 0. The molecule has 0 bridgehead atoms. The molecular formula is C10H18NO3+. The van der Waals surface area contributed by atoms with Crippen LogP contribution < -0.4 is 0 Å². The van der Waals surface area contributed by atoms with Gasteiger partial charge in [-0.3, -0.25) is 0 Å². The molecule has 2 saturated heterocycles. The van der Waals surface area contributed by atoms with Gasteiger partial charge in [-0.15, -0.1) is 0 Å². The highest BCUT2D eigenvalue weighted by molar-refractivity contribution is 5.63. The van der Waals surface area contributed by atoms with Crippen molar-refractivity contribution in [3.8, 4) is 0 Å². The van der Waals surface area contributed by atoms with E-state index in [-0.39, 0.29) is 18.2 Å². The summed E-state index contributed by atoms with van der Waals surface area (Å²) in [5, 5.41) is 9.53. The minimum atomic E-state index is -0.426. The molecule has 14 heavy (non-hydrogen) atoms. The van der Waals surface area contributed by atoms with Crippen molar-refractivity contribution in [1.82, 2.24) is 0 Å². The van der Waals surface area contributed by atoms with Crippen LogP contribution in [0.3, 0.4) is 0 Å². The summed E-state index contributed by atoms with van der Waals surface area (Å²) in [5.41, 5.74) is -0.426. The molecule has 2 aliphatic heterocycles. The molecule has 4 nitrogen and oxygen atoms in total. The van der Waals surface area contributed by atoms with Crippen LogP contribution in [0.1, 0.15) is 27.2 Å². The number of piperidine rings is 1. The summed E-state index contributed by atoms with van der Waals surface area (Å²) in [5.74, 6) is 0. The molecule has 1 N–H and O–H groups in total. The average Bonchev–Trinajstić information content (AvgIpc) is 2.66. The van der Waals surface area contributed by atoms with Crippen molar-refractivity contribution in [2.24, 2.45) is 0 Å². The number of quaternary nitrogens is 1. The third-order valence-corrected chi connectivity index (χ3v) is 3.04. The van der Waals surface area contributed by atoms with Gasteiger partial charge in [0.05, 0.1) is 6.54 Å². The first kappa shape index (κ1) is 9.93. The number of fused-ring (bicyclic) bond motifs is 1. The van der Waals surface area contributed by atoms with Gasteiger partial charge >= 0.3 is 6.09 Å². The van der Waals surface area contributed by atoms with Gasteiger partial charge < -0.3 is 9.84 Å². The van der Waals surface area contributed by atoms with E-state index in [0.717, 1.165) is 19.5 Å². The van der Waals surface area contributed by atoms with Crippen LogP contribution in [0.2, 0.25) is 0 Å². The van der Waals surface area contributed by atoms with Gasteiger partial charge in [0.1, 0.15) is 18.2 Å². The minimum Gasteiger partial charge on any atom is -0.414 e. The molecule has 4 heteroatoms. The fourth-order valence-electron chi connectivity index (χ4n) is 2.20.